The smallest absolute Gasteiger partial charge is 0 e. The van der Waals surface area contributed by atoms with Crippen LogP contribution < -0.4 is 0 Å². The van der Waals surface area contributed by atoms with E-state index in [9.17, 15) is 0 Å². The SMILES string of the molecule is CCI.II.[CH2-]I.[CH2-]I.[V].[V]. The fourth-order valence-corrected chi connectivity index (χ4v) is 0. The van der Waals surface area contributed by atoms with Crippen molar-refractivity contribution in [2.75, 3.05) is 4.43 Å². The first-order valence-electron chi connectivity index (χ1n) is 1.65. The van der Waals surface area contributed by atoms with Crippen LogP contribution in [0.15, 0.2) is 0 Å². The van der Waals surface area contributed by atoms with E-state index in [4.69, 9.17) is 0 Å². The molecule has 2 radical (unpaired) electrons. The van der Waals surface area contributed by atoms with Crippen molar-refractivity contribution in [1.82, 2.24) is 0 Å². The molecule has 0 heterocycles. The molecule has 0 N–H and O–H groups in total. The molecule has 0 aliphatic carbocycles. The Morgan fingerprint density at radius 2 is 0.909 bits per heavy atom. The molecule has 11 heavy (non-hydrogen) atoms. The van der Waals surface area contributed by atoms with Gasteiger partial charge in [0.25, 0.3) is 0 Å². The summed E-state index contributed by atoms with van der Waals surface area (Å²) in [6.45, 7) is 2.11. The number of hydrogen-bond donors (Lipinski definition) is 0. The molecular weight excluding hydrogens is 784 g/mol. The molecule has 0 aromatic heterocycles. The third-order valence-corrected chi connectivity index (χ3v) is 0. The Morgan fingerprint density at radius 3 is 0.909 bits per heavy atom. The first-order chi connectivity index (χ1) is 4.41. The van der Waals surface area contributed by atoms with Crippen molar-refractivity contribution in [3.63, 3.8) is 0 Å². The molecule has 0 rings (SSSR count). The van der Waals surface area contributed by atoms with E-state index in [1.165, 1.54) is 4.43 Å². The zero-order valence-electron chi connectivity index (χ0n) is 5.91. The molecule has 0 bridgehead atoms. The molecule has 0 unspecified atom stereocenters. The topological polar surface area (TPSA) is 0 Å². The molecule has 72 valence electrons. The molecule has 0 aliphatic rings. The maximum atomic E-state index is 3.22. The number of alkyl halides is 1. The van der Waals surface area contributed by atoms with Gasteiger partial charge >= 0.3 is 0 Å². The van der Waals surface area contributed by atoms with Crippen LogP contribution in [0.2, 0.25) is 0 Å². The summed E-state index contributed by atoms with van der Waals surface area (Å²) in [5.41, 5.74) is 0. The summed E-state index contributed by atoms with van der Waals surface area (Å²) >= 11 is 10.3. The summed E-state index contributed by atoms with van der Waals surface area (Å²) in [5.74, 6) is 0. The molecule has 0 atom stereocenters. The Morgan fingerprint density at radius 1 is 0.909 bits per heavy atom. The predicted octanol–water partition coefficient (Wildman–Crippen LogP) is 5.63. The van der Waals surface area contributed by atoms with Gasteiger partial charge < -0.3 is 45.2 Å². The molecule has 7 heteroatoms. The van der Waals surface area contributed by atoms with Gasteiger partial charge in [-0.2, -0.15) is 0 Å². The largest absolute Gasteiger partial charge is 0.319 e. The molecule has 0 saturated carbocycles. The molecule has 0 nitrogen and oxygen atoms in total. The van der Waals surface area contributed by atoms with Crippen molar-refractivity contribution in [2.24, 2.45) is 0 Å². The number of halogens is 5. The summed E-state index contributed by atoms with van der Waals surface area (Å²) in [6.07, 6.45) is 0. The van der Waals surface area contributed by atoms with Crippen molar-refractivity contribution in [2.45, 2.75) is 6.92 Å². The van der Waals surface area contributed by atoms with Crippen molar-refractivity contribution < 1.29 is 37.1 Å². The van der Waals surface area contributed by atoms with Gasteiger partial charge in [0.1, 0.15) is 0 Å². The van der Waals surface area contributed by atoms with E-state index < -0.39 is 0 Å². The second kappa shape index (κ2) is 83.6. The van der Waals surface area contributed by atoms with Crippen molar-refractivity contribution in [3.8, 4) is 0 Å². The fraction of sp³-hybridized carbons (Fsp3) is 0.500. The minimum Gasteiger partial charge on any atom is -0.319 e. The van der Waals surface area contributed by atoms with Crippen LogP contribution in [0, 0.1) is 9.86 Å². The fourth-order valence-electron chi connectivity index (χ4n) is 0. The molecule has 0 aliphatic heterocycles. The van der Waals surface area contributed by atoms with Crippen LogP contribution in [-0.4, -0.2) is 4.43 Å². The van der Waals surface area contributed by atoms with Crippen LogP contribution in [0.5, 0.6) is 0 Å². The van der Waals surface area contributed by atoms with E-state index in [0.717, 1.165) is 0 Å². The van der Waals surface area contributed by atoms with Gasteiger partial charge in [0.15, 0.2) is 0 Å². The van der Waals surface area contributed by atoms with E-state index in [1.807, 2.05) is 45.2 Å². The molecule has 0 fully saturated rings. The van der Waals surface area contributed by atoms with Crippen LogP contribution in [0.1, 0.15) is 6.92 Å². The van der Waals surface area contributed by atoms with Gasteiger partial charge in [-0.15, -0.1) is 0 Å². The van der Waals surface area contributed by atoms with Gasteiger partial charge in [-0.05, 0) is 4.43 Å². The van der Waals surface area contributed by atoms with Crippen LogP contribution in [-0.2, 0) is 37.1 Å². The number of rotatable bonds is 0. The Labute approximate surface area is 159 Å². The first-order valence-corrected chi connectivity index (χ1v) is 12.5. The molecular formula is C4H9I5V2-2. The molecule has 0 saturated heterocycles. The second-order valence-electron chi connectivity index (χ2n) is 0.267. The maximum Gasteiger partial charge on any atom is 0 e. The van der Waals surface area contributed by atoms with Crippen LogP contribution in [0.4, 0.5) is 0 Å². The zero-order chi connectivity index (χ0) is 8.71. The minimum absolute atomic E-state index is 0. The van der Waals surface area contributed by atoms with Gasteiger partial charge in [-0.25, -0.2) is 0 Å². The quantitative estimate of drug-likeness (QED) is 0.170. The van der Waals surface area contributed by atoms with Gasteiger partial charge in [0, 0.05) is 74.3 Å². The Hall–Kier alpha value is 4.82. The molecule has 0 aromatic rings. The van der Waals surface area contributed by atoms with Crippen LogP contribution in [0.3, 0.4) is 0 Å². The average molecular weight is 794 g/mol. The van der Waals surface area contributed by atoms with E-state index in [-0.39, 0.29) is 37.1 Å². The third-order valence-electron chi connectivity index (χ3n) is 0. The van der Waals surface area contributed by atoms with E-state index in [2.05, 4.69) is 76.6 Å². The van der Waals surface area contributed by atoms with Crippen molar-refractivity contribution >= 4 is 105 Å². The van der Waals surface area contributed by atoms with E-state index >= 15 is 0 Å². The predicted molar refractivity (Wildman–Crippen MR) is 91.4 cm³/mol. The van der Waals surface area contributed by atoms with Crippen LogP contribution >= 0.6 is 105 Å². The standard InChI is InChI=1S/C2H5I.2CH2I.I2.2V/c1-2-3;3*1-2;;/h2H2,1H3;2*1H2;;;/q;2*-1;;;. The first kappa shape index (κ1) is 36.0. The van der Waals surface area contributed by atoms with Gasteiger partial charge in [-0.3, -0.25) is 9.86 Å². The maximum absolute atomic E-state index is 3.22. The summed E-state index contributed by atoms with van der Waals surface area (Å²) in [6, 6.07) is 0. The summed E-state index contributed by atoms with van der Waals surface area (Å²) in [4.78, 5) is 6.44. The molecule has 0 aromatic carbocycles. The van der Waals surface area contributed by atoms with Gasteiger partial charge in [0.2, 0.25) is 0 Å². The second-order valence-corrected chi connectivity index (χ2v) is 1.79. The van der Waals surface area contributed by atoms with Crippen molar-refractivity contribution in [3.05, 3.63) is 9.86 Å². The Bertz CT molecular complexity index is 16.4. The third kappa shape index (κ3) is 105. The van der Waals surface area contributed by atoms with Crippen LogP contribution in [0.25, 0.3) is 0 Å². The molecule has 0 amide bonds. The monoisotopic (exact) mass is 793 g/mol. The zero-order valence-corrected chi connectivity index (χ0v) is 19.5. The normalized spacial score (nSPS) is 3.27. The number of hydrogen-bond acceptors (Lipinski definition) is 0. The Balaban J connectivity index is -0.00000000729. The van der Waals surface area contributed by atoms with E-state index in [0.29, 0.717) is 0 Å². The van der Waals surface area contributed by atoms with Gasteiger partial charge in [-0.1, -0.05) is 29.5 Å². The van der Waals surface area contributed by atoms with Crippen molar-refractivity contribution in [1.29, 1.82) is 0 Å². The summed E-state index contributed by atoms with van der Waals surface area (Å²) in [5, 5.41) is 0. The summed E-state index contributed by atoms with van der Waals surface area (Å²) < 4.78 is 1.22. The van der Waals surface area contributed by atoms with Gasteiger partial charge in [0.05, 0.1) is 0 Å². The summed E-state index contributed by atoms with van der Waals surface area (Å²) in [7, 11) is 0. The minimum atomic E-state index is 0. The average Bonchev–Trinajstić information content (AvgIpc) is 2.01. The Kier molecular flexibility index (Phi) is 274. The molecule has 0 spiro atoms. The van der Waals surface area contributed by atoms with E-state index in [1.54, 1.807) is 0 Å².